The summed E-state index contributed by atoms with van der Waals surface area (Å²) >= 11 is 6.01. The van der Waals surface area contributed by atoms with Crippen molar-refractivity contribution in [1.82, 2.24) is 10.2 Å². The quantitative estimate of drug-likeness (QED) is 0.511. The van der Waals surface area contributed by atoms with Crippen LogP contribution in [0.1, 0.15) is 50.7 Å². The Labute approximate surface area is 213 Å². The van der Waals surface area contributed by atoms with Crippen LogP contribution in [0.5, 0.6) is 0 Å². The van der Waals surface area contributed by atoms with Crippen LogP contribution >= 0.6 is 11.6 Å². The highest BCUT2D eigenvalue weighted by Crippen LogP contribution is 2.21. The highest BCUT2D eigenvalue weighted by molar-refractivity contribution is 7.92. The molecule has 0 heterocycles. The van der Waals surface area contributed by atoms with E-state index >= 15 is 0 Å². The minimum atomic E-state index is -3.74. The molecule has 1 fully saturated rings. The lowest BCUT2D eigenvalue weighted by atomic mass is 10.1. The third kappa shape index (κ3) is 7.45. The highest BCUT2D eigenvalue weighted by Gasteiger charge is 2.31. The van der Waals surface area contributed by atoms with Crippen LogP contribution < -0.4 is 9.62 Å². The van der Waals surface area contributed by atoms with Crippen molar-refractivity contribution in [3.05, 3.63) is 64.7 Å². The van der Waals surface area contributed by atoms with Gasteiger partial charge in [0, 0.05) is 17.6 Å². The highest BCUT2D eigenvalue weighted by atomic mass is 35.5. The van der Waals surface area contributed by atoms with Crippen LogP contribution in [0.15, 0.2) is 48.5 Å². The lowest BCUT2D eigenvalue weighted by molar-refractivity contribution is -0.139. The van der Waals surface area contributed by atoms with Gasteiger partial charge >= 0.3 is 0 Å². The Bertz CT molecular complexity index is 1110. The molecule has 1 atom stereocenters. The van der Waals surface area contributed by atoms with Gasteiger partial charge in [-0.3, -0.25) is 13.9 Å². The van der Waals surface area contributed by atoms with Crippen LogP contribution in [0.2, 0.25) is 5.02 Å². The topological polar surface area (TPSA) is 86.8 Å². The van der Waals surface area contributed by atoms with Crippen LogP contribution in [0.25, 0.3) is 0 Å². The molecule has 2 aromatic rings. The molecule has 7 nitrogen and oxygen atoms in total. The molecule has 0 spiro atoms. The van der Waals surface area contributed by atoms with E-state index < -0.39 is 28.5 Å². The Balaban J connectivity index is 1.86. The smallest absolute Gasteiger partial charge is 0.244 e. The maximum absolute atomic E-state index is 13.6. The van der Waals surface area contributed by atoms with Crippen LogP contribution in [-0.4, -0.2) is 50.0 Å². The molecule has 2 aromatic carbocycles. The molecule has 0 aromatic heterocycles. The van der Waals surface area contributed by atoms with Crippen molar-refractivity contribution in [3.8, 4) is 0 Å². The molecular formula is C26H34ClN3O4S. The summed E-state index contributed by atoms with van der Waals surface area (Å²) in [5, 5.41) is 3.62. The molecule has 0 saturated heterocycles. The molecule has 1 saturated carbocycles. The van der Waals surface area contributed by atoms with E-state index in [1.54, 1.807) is 43.3 Å². The standard InChI is InChI=1S/C26H34ClN3O4S/c1-4-20-11-15-24(16-12-20)30(35(3,33)34)18-25(31)29(17-21-9-13-22(27)14-10-21)19(2)26(32)28-23-7-5-6-8-23/h9-16,19,23H,4-8,17-18H2,1-3H3,(H,28,32). The van der Waals surface area contributed by atoms with Gasteiger partial charge in [0.05, 0.1) is 11.9 Å². The first-order valence-electron chi connectivity index (χ1n) is 12.0. The number of nitrogens with one attached hydrogen (secondary N) is 1. The first-order valence-corrected chi connectivity index (χ1v) is 14.2. The van der Waals surface area contributed by atoms with Gasteiger partial charge in [0.1, 0.15) is 12.6 Å². The van der Waals surface area contributed by atoms with Crippen molar-refractivity contribution in [2.45, 2.75) is 64.6 Å². The fourth-order valence-corrected chi connectivity index (χ4v) is 5.25. The van der Waals surface area contributed by atoms with E-state index in [0.29, 0.717) is 10.7 Å². The first kappa shape index (κ1) is 27.0. The number of carbonyl (C=O) groups excluding carboxylic acids is 2. The molecule has 1 N–H and O–H groups in total. The molecular weight excluding hydrogens is 486 g/mol. The fourth-order valence-electron chi connectivity index (χ4n) is 4.27. The predicted molar refractivity (Wildman–Crippen MR) is 140 cm³/mol. The zero-order valence-electron chi connectivity index (χ0n) is 20.5. The third-order valence-corrected chi connectivity index (χ3v) is 7.84. The number of aryl methyl sites for hydroxylation is 1. The molecule has 1 aliphatic carbocycles. The molecule has 1 unspecified atom stereocenters. The number of benzene rings is 2. The summed E-state index contributed by atoms with van der Waals surface area (Å²) in [6, 6.07) is 13.5. The summed E-state index contributed by atoms with van der Waals surface area (Å²) in [5.74, 6) is -0.698. The van der Waals surface area contributed by atoms with Gasteiger partial charge in [-0.2, -0.15) is 0 Å². The number of sulfonamides is 1. The summed E-state index contributed by atoms with van der Waals surface area (Å²) in [6.45, 7) is 3.44. The van der Waals surface area contributed by atoms with Crippen molar-refractivity contribution in [3.63, 3.8) is 0 Å². The molecule has 9 heteroatoms. The van der Waals surface area contributed by atoms with E-state index in [1.165, 1.54) is 4.90 Å². The number of carbonyl (C=O) groups is 2. The second-order valence-corrected chi connectivity index (χ2v) is 11.4. The van der Waals surface area contributed by atoms with E-state index in [0.717, 1.165) is 53.8 Å². The van der Waals surface area contributed by atoms with Crippen LogP contribution in [0.3, 0.4) is 0 Å². The largest absolute Gasteiger partial charge is 0.352 e. The van der Waals surface area contributed by atoms with Gasteiger partial charge in [0.15, 0.2) is 0 Å². The number of rotatable bonds is 10. The summed E-state index contributed by atoms with van der Waals surface area (Å²) < 4.78 is 26.4. The predicted octanol–water partition coefficient (Wildman–Crippen LogP) is 4.14. The van der Waals surface area contributed by atoms with E-state index in [4.69, 9.17) is 11.6 Å². The second kappa shape index (κ2) is 11.9. The Kier molecular flexibility index (Phi) is 9.19. The molecule has 0 aliphatic heterocycles. The average Bonchev–Trinajstić information content (AvgIpc) is 3.34. The number of amides is 2. The summed E-state index contributed by atoms with van der Waals surface area (Å²) in [7, 11) is -3.74. The van der Waals surface area contributed by atoms with Gasteiger partial charge in [-0.15, -0.1) is 0 Å². The maximum Gasteiger partial charge on any atom is 0.244 e. The minimum absolute atomic E-state index is 0.113. The minimum Gasteiger partial charge on any atom is -0.352 e. The third-order valence-electron chi connectivity index (χ3n) is 6.45. The van der Waals surface area contributed by atoms with Crippen molar-refractivity contribution >= 4 is 39.1 Å². The SMILES string of the molecule is CCc1ccc(N(CC(=O)N(Cc2ccc(Cl)cc2)C(C)C(=O)NC2CCCC2)S(C)(=O)=O)cc1. The van der Waals surface area contributed by atoms with Gasteiger partial charge < -0.3 is 10.2 Å². The Hall–Kier alpha value is -2.58. The van der Waals surface area contributed by atoms with E-state index in [1.807, 2.05) is 19.1 Å². The summed E-state index contributed by atoms with van der Waals surface area (Å²) in [5.41, 5.74) is 2.27. The molecule has 190 valence electrons. The van der Waals surface area contributed by atoms with Crippen molar-refractivity contribution < 1.29 is 18.0 Å². The molecule has 0 radical (unpaired) electrons. The average molecular weight is 520 g/mol. The van der Waals surface area contributed by atoms with E-state index in [9.17, 15) is 18.0 Å². The summed E-state index contributed by atoms with van der Waals surface area (Å²) in [4.78, 5) is 28.1. The Morgan fingerprint density at radius 1 is 1.03 bits per heavy atom. The number of nitrogens with zero attached hydrogens (tertiary/aromatic N) is 2. The monoisotopic (exact) mass is 519 g/mol. The van der Waals surface area contributed by atoms with Gasteiger partial charge in [-0.1, -0.05) is 55.6 Å². The van der Waals surface area contributed by atoms with E-state index in [-0.39, 0.29) is 18.5 Å². The number of anilines is 1. The molecule has 2 amide bonds. The second-order valence-electron chi connectivity index (χ2n) is 9.10. The Morgan fingerprint density at radius 3 is 2.14 bits per heavy atom. The van der Waals surface area contributed by atoms with Crippen molar-refractivity contribution in [1.29, 1.82) is 0 Å². The first-order chi connectivity index (χ1) is 16.6. The number of hydrogen-bond acceptors (Lipinski definition) is 4. The Morgan fingerprint density at radius 2 is 1.60 bits per heavy atom. The van der Waals surface area contributed by atoms with Crippen molar-refractivity contribution in [2.24, 2.45) is 0 Å². The van der Waals surface area contributed by atoms with E-state index in [2.05, 4.69) is 5.32 Å². The van der Waals surface area contributed by atoms with Crippen LogP contribution in [0.4, 0.5) is 5.69 Å². The number of halogens is 1. The summed E-state index contributed by atoms with van der Waals surface area (Å²) in [6.07, 6.45) is 5.91. The number of hydrogen-bond donors (Lipinski definition) is 1. The zero-order chi connectivity index (χ0) is 25.6. The lowest BCUT2D eigenvalue weighted by Crippen LogP contribution is -2.52. The molecule has 1 aliphatic rings. The van der Waals surface area contributed by atoms with Gasteiger partial charge in [0.2, 0.25) is 21.8 Å². The van der Waals surface area contributed by atoms with Gasteiger partial charge in [-0.05, 0) is 61.6 Å². The maximum atomic E-state index is 13.6. The van der Waals surface area contributed by atoms with Crippen molar-refractivity contribution in [2.75, 3.05) is 17.1 Å². The van der Waals surface area contributed by atoms with Crippen LogP contribution in [-0.2, 0) is 32.6 Å². The van der Waals surface area contributed by atoms with Crippen LogP contribution in [0, 0.1) is 0 Å². The lowest BCUT2D eigenvalue weighted by Gasteiger charge is -2.32. The zero-order valence-corrected chi connectivity index (χ0v) is 22.1. The van der Waals surface area contributed by atoms with Gasteiger partial charge in [0.25, 0.3) is 0 Å². The molecule has 3 rings (SSSR count). The molecule has 0 bridgehead atoms. The fraction of sp³-hybridized carbons (Fsp3) is 0.462. The van der Waals surface area contributed by atoms with Gasteiger partial charge in [-0.25, -0.2) is 8.42 Å². The normalized spacial score (nSPS) is 15.0. The molecule has 35 heavy (non-hydrogen) atoms.